The van der Waals surface area contributed by atoms with Crippen molar-refractivity contribution >= 4 is 16.3 Å². The van der Waals surface area contributed by atoms with E-state index >= 15 is 0 Å². The summed E-state index contributed by atoms with van der Waals surface area (Å²) >= 11 is 1.38. The Morgan fingerprint density at radius 3 is 2.38 bits per heavy atom. The molecule has 3 nitrogen and oxygen atoms in total. The molecule has 0 atom stereocenters. The maximum absolute atomic E-state index is 9.34. The fourth-order valence-electron chi connectivity index (χ4n) is 1.80. The number of hydrogen-bond acceptors (Lipinski definition) is 4. The average molecular weight is 235 g/mol. The number of nitrogen functional groups attached to an aromatic ring is 1. The van der Waals surface area contributed by atoms with Gasteiger partial charge < -0.3 is 15.9 Å². The summed E-state index contributed by atoms with van der Waals surface area (Å²) in [4.78, 5) is 0.992. The third-order valence-corrected chi connectivity index (χ3v) is 3.42. The summed E-state index contributed by atoms with van der Waals surface area (Å²) in [5.74, 6) is 0. The Balaban J connectivity index is 2.65. The van der Waals surface area contributed by atoms with Crippen LogP contribution in [0.25, 0.3) is 11.1 Å². The molecular weight excluding hydrogens is 222 g/mol. The van der Waals surface area contributed by atoms with Crippen LogP contribution in [-0.4, -0.2) is 10.2 Å². The highest BCUT2D eigenvalue weighted by atomic mass is 32.1. The molecule has 0 unspecified atom stereocenters. The van der Waals surface area contributed by atoms with Crippen LogP contribution >= 0.6 is 11.3 Å². The number of aryl methyl sites for hydroxylation is 1. The van der Waals surface area contributed by atoms with E-state index in [1.54, 1.807) is 0 Å². The highest BCUT2D eigenvalue weighted by Crippen LogP contribution is 2.40. The molecular formula is C12H13NO2S. The topological polar surface area (TPSA) is 66.5 Å². The van der Waals surface area contributed by atoms with Gasteiger partial charge >= 0.3 is 0 Å². The van der Waals surface area contributed by atoms with Crippen LogP contribution in [0.15, 0.2) is 30.3 Å². The number of anilines is 1. The van der Waals surface area contributed by atoms with Gasteiger partial charge in [-0.25, -0.2) is 0 Å². The van der Waals surface area contributed by atoms with Crippen LogP contribution < -0.4 is 5.73 Å². The lowest BCUT2D eigenvalue weighted by Crippen LogP contribution is -1.99. The van der Waals surface area contributed by atoms with Crippen molar-refractivity contribution in [2.24, 2.45) is 0 Å². The van der Waals surface area contributed by atoms with Gasteiger partial charge in [-0.15, -0.1) is 11.3 Å². The number of benzene rings is 1. The second-order valence-corrected chi connectivity index (χ2v) is 4.81. The zero-order chi connectivity index (χ0) is 11.7. The molecule has 4 heteroatoms. The molecule has 1 heterocycles. The van der Waals surface area contributed by atoms with Crippen LogP contribution in [0.3, 0.4) is 0 Å². The Bertz CT molecular complexity index is 491. The predicted molar refractivity (Wildman–Crippen MR) is 66.1 cm³/mol. The van der Waals surface area contributed by atoms with E-state index in [9.17, 15) is 10.2 Å². The molecule has 84 valence electrons. The molecule has 2 aromatic rings. The first-order valence-electron chi connectivity index (χ1n) is 4.91. The monoisotopic (exact) mass is 235 g/mol. The van der Waals surface area contributed by atoms with Crippen molar-refractivity contribution in [3.63, 3.8) is 0 Å². The highest BCUT2D eigenvalue weighted by molar-refractivity contribution is 7.16. The van der Waals surface area contributed by atoms with E-state index in [2.05, 4.69) is 0 Å². The van der Waals surface area contributed by atoms with Crippen molar-refractivity contribution < 1.29 is 10.2 Å². The molecule has 0 aliphatic heterocycles. The quantitative estimate of drug-likeness (QED) is 0.700. The van der Waals surface area contributed by atoms with Crippen molar-refractivity contribution in [3.8, 4) is 11.1 Å². The second-order valence-electron chi connectivity index (χ2n) is 3.55. The predicted octanol–water partition coefficient (Wildman–Crippen LogP) is 2.29. The van der Waals surface area contributed by atoms with Gasteiger partial charge in [0.15, 0.2) is 6.29 Å². The molecule has 0 saturated heterocycles. The van der Waals surface area contributed by atoms with Crippen molar-refractivity contribution in [2.45, 2.75) is 13.2 Å². The van der Waals surface area contributed by atoms with Crippen LogP contribution in [0, 0.1) is 6.92 Å². The van der Waals surface area contributed by atoms with E-state index < -0.39 is 6.29 Å². The van der Waals surface area contributed by atoms with Crippen LogP contribution in [0.4, 0.5) is 5.00 Å². The number of aliphatic hydroxyl groups is 2. The van der Waals surface area contributed by atoms with Gasteiger partial charge in [0.05, 0.1) is 5.00 Å². The third kappa shape index (κ3) is 1.82. The Hall–Kier alpha value is -1.36. The highest BCUT2D eigenvalue weighted by Gasteiger charge is 2.19. The molecule has 0 aliphatic carbocycles. The first-order chi connectivity index (χ1) is 7.61. The smallest absolute Gasteiger partial charge is 0.181 e. The lowest BCUT2D eigenvalue weighted by Gasteiger charge is -2.08. The molecule has 1 aromatic heterocycles. The number of aliphatic hydroxyl groups excluding tert-OH is 1. The van der Waals surface area contributed by atoms with E-state index in [0.717, 1.165) is 16.0 Å². The Morgan fingerprint density at radius 2 is 1.81 bits per heavy atom. The Labute approximate surface area is 97.8 Å². The lowest BCUT2D eigenvalue weighted by molar-refractivity contribution is -0.0411. The van der Waals surface area contributed by atoms with Crippen LogP contribution in [0.1, 0.15) is 16.7 Å². The maximum Gasteiger partial charge on any atom is 0.181 e. The van der Waals surface area contributed by atoms with E-state index in [0.29, 0.717) is 10.6 Å². The molecule has 1 aromatic carbocycles. The minimum atomic E-state index is -1.53. The van der Waals surface area contributed by atoms with E-state index in [1.807, 2.05) is 37.3 Å². The van der Waals surface area contributed by atoms with Crippen LogP contribution in [0.2, 0.25) is 0 Å². The summed E-state index contributed by atoms with van der Waals surface area (Å²) in [6.07, 6.45) is -1.53. The van der Waals surface area contributed by atoms with Crippen molar-refractivity contribution in [2.75, 3.05) is 5.73 Å². The molecule has 16 heavy (non-hydrogen) atoms. The lowest BCUT2D eigenvalue weighted by atomic mass is 10.0. The summed E-state index contributed by atoms with van der Waals surface area (Å²) in [6, 6.07) is 9.61. The van der Waals surface area contributed by atoms with E-state index in [1.165, 1.54) is 11.3 Å². The van der Waals surface area contributed by atoms with Gasteiger partial charge in [0.1, 0.15) is 0 Å². The molecule has 0 amide bonds. The third-order valence-electron chi connectivity index (χ3n) is 2.47. The van der Waals surface area contributed by atoms with Gasteiger partial charge in [-0.1, -0.05) is 30.3 Å². The fourth-order valence-corrected chi connectivity index (χ4v) is 2.78. The summed E-state index contributed by atoms with van der Waals surface area (Å²) < 4.78 is 0. The number of rotatable bonds is 2. The zero-order valence-electron chi connectivity index (χ0n) is 8.84. The first-order valence-corrected chi connectivity index (χ1v) is 5.73. The van der Waals surface area contributed by atoms with Crippen molar-refractivity contribution in [1.29, 1.82) is 0 Å². The summed E-state index contributed by atoms with van der Waals surface area (Å²) in [7, 11) is 0. The van der Waals surface area contributed by atoms with Gasteiger partial charge in [-0.05, 0) is 12.5 Å². The van der Waals surface area contributed by atoms with E-state index in [-0.39, 0.29) is 0 Å². The largest absolute Gasteiger partial charge is 0.390 e. The molecule has 0 aliphatic rings. The standard InChI is InChI=1S/C12H13NO2S/c1-7-9(8-5-3-2-4-6-8)10(12(14)15)11(13)16-7/h2-6,12,14-15H,13H2,1H3. The average Bonchev–Trinajstić information content (AvgIpc) is 2.55. The Morgan fingerprint density at radius 1 is 1.19 bits per heavy atom. The first kappa shape index (κ1) is 11.1. The molecule has 0 saturated carbocycles. The molecule has 0 fully saturated rings. The molecule has 2 rings (SSSR count). The van der Waals surface area contributed by atoms with Gasteiger partial charge in [0.25, 0.3) is 0 Å². The minimum absolute atomic E-state index is 0.411. The van der Waals surface area contributed by atoms with Crippen LogP contribution in [-0.2, 0) is 0 Å². The summed E-state index contributed by atoms with van der Waals surface area (Å²) in [6.45, 7) is 1.93. The number of thiophene rings is 1. The molecule has 4 N–H and O–H groups in total. The number of nitrogens with two attached hydrogens (primary N) is 1. The SMILES string of the molecule is Cc1sc(N)c(C(O)O)c1-c1ccccc1. The van der Waals surface area contributed by atoms with Gasteiger partial charge in [0.2, 0.25) is 0 Å². The molecule has 0 spiro atoms. The van der Waals surface area contributed by atoms with Gasteiger partial charge in [-0.3, -0.25) is 0 Å². The number of hydrogen-bond donors (Lipinski definition) is 3. The van der Waals surface area contributed by atoms with Gasteiger partial charge in [0, 0.05) is 16.0 Å². The summed E-state index contributed by atoms with van der Waals surface area (Å²) in [5, 5.41) is 19.1. The maximum atomic E-state index is 9.34. The normalized spacial score (nSPS) is 11.0. The van der Waals surface area contributed by atoms with Gasteiger partial charge in [-0.2, -0.15) is 0 Å². The van der Waals surface area contributed by atoms with Crippen molar-refractivity contribution in [3.05, 3.63) is 40.8 Å². The minimum Gasteiger partial charge on any atom is -0.390 e. The summed E-state index contributed by atoms with van der Waals surface area (Å²) in [5.41, 5.74) is 7.98. The zero-order valence-corrected chi connectivity index (χ0v) is 9.66. The molecule has 0 bridgehead atoms. The van der Waals surface area contributed by atoms with Crippen molar-refractivity contribution in [1.82, 2.24) is 0 Å². The second kappa shape index (κ2) is 4.25. The van der Waals surface area contributed by atoms with E-state index in [4.69, 9.17) is 5.73 Å². The Kier molecular flexibility index (Phi) is 2.96. The molecule has 0 radical (unpaired) electrons. The fraction of sp³-hybridized carbons (Fsp3) is 0.167. The van der Waals surface area contributed by atoms with Crippen LogP contribution in [0.5, 0.6) is 0 Å².